The molecule has 1 saturated carbocycles. The minimum Gasteiger partial charge on any atom is -0.391 e. The summed E-state index contributed by atoms with van der Waals surface area (Å²) >= 11 is 0. The number of aromatic nitrogens is 4. The van der Waals surface area contributed by atoms with E-state index in [4.69, 9.17) is 5.14 Å². The van der Waals surface area contributed by atoms with Crippen LogP contribution in [0.4, 0.5) is 5.95 Å². The Morgan fingerprint density at radius 1 is 1.09 bits per heavy atom. The lowest BCUT2D eigenvalue weighted by Gasteiger charge is -2.18. The molecule has 178 valence electrons. The summed E-state index contributed by atoms with van der Waals surface area (Å²) < 4.78 is 27.5. The maximum absolute atomic E-state index is 13.3. The molecule has 0 aliphatic heterocycles. The summed E-state index contributed by atoms with van der Waals surface area (Å²) in [4.78, 5) is 30.7. The minimum absolute atomic E-state index is 0.0117. The second-order valence-electron chi connectivity index (χ2n) is 8.21. The van der Waals surface area contributed by atoms with E-state index in [1.54, 1.807) is 23.6 Å². The van der Waals surface area contributed by atoms with E-state index < -0.39 is 27.4 Å². The number of primary sulfonamides is 1. The van der Waals surface area contributed by atoms with Crippen molar-refractivity contribution in [2.45, 2.75) is 69.8 Å². The summed E-state index contributed by atoms with van der Waals surface area (Å²) in [6.45, 7) is 4.29. The smallest absolute Gasteiger partial charge is 0.332 e. The van der Waals surface area contributed by atoms with E-state index in [0.717, 1.165) is 12.8 Å². The van der Waals surface area contributed by atoms with Gasteiger partial charge in [0.05, 0.1) is 23.6 Å². The SMILES string of the molecule is CCn1c(=O)c2c(nc(NC3CCCC3O)n2Cc2ccc(S(N)(=O)=O)cc2)n(CC)c1=O. The third-order valence-electron chi connectivity index (χ3n) is 6.13. The van der Waals surface area contributed by atoms with Crippen LogP contribution in [0.25, 0.3) is 11.2 Å². The Labute approximate surface area is 190 Å². The molecule has 2 atom stereocenters. The number of rotatable bonds is 7. The van der Waals surface area contributed by atoms with Crippen LogP contribution in [-0.2, 0) is 29.7 Å². The van der Waals surface area contributed by atoms with Crippen LogP contribution >= 0.6 is 0 Å². The van der Waals surface area contributed by atoms with Crippen LogP contribution in [0.15, 0.2) is 38.8 Å². The Hall–Kier alpha value is -2.96. The molecule has 0 radical (unpaired) electrons. The Balaban J connectivity index is 1.90. The molecule has 2 aromatic heterocycles. The first-order valence-electron chi connectivity index (χ1n) is 11.0. The second kappa shape index (κ2) is 8.76. The molecular formula is C21H28N6O5S. The molecular weight excluding hydrogens is 448 g/mol. The van der Waals surface area contributed by atoms with Crippen LogP contribution in [0, 0.1) is 0 Å². The largest absolute Gasteiger partial charge is 0.391 e. The van der Waals surface area contributed by atoms with E-state index in [1.165, 1.54) is 21.3 Å². The molecule has 3 aromatic rings. The first-order chi connectivity index (χ1) is 15.7. The van der Waals surface area contributed by atoms with Crippen LogP contribution in [0.1, 0.15) is 38.7 Å². The number of imidazole rings is 1. The number of nitrogens with zero attached hydrogens (tertiary/aromatic N) is 4. The van der Waals surface area contributed by atoms with Crippen molar-refractivity contribution < 1.29 is 13.5 Å². The molecule has 12 heteroatoms. The first-order valence-corrected chi connectivity index (χ1v) is 12.5. The molecule has 2 unspecified atom stereocenters. The molecule has 2 heterocycles. The number of hydrogen-bond donors (Lipinski definition) is 3. The topological polar surface area (TPSA) is 154 Å². The van der Waals surface area contributed by atoms with Crippen LogP contribution < -0.4 is 21.7 Å². The molecule has 33 heavy (non-hydrogen) atoms. The molecule has 0 amide bonds. The maximum atomic E-state index is 13.3. The third kappa shape index (κ3) is 4.21. The van der Waals surface area contributed by atoms with Gasteiger partial charge >= 0.3 is 5.69 Å². The highest BCUT2D eigenvalue weighted by Crippen LogP contribution is 2.25. The van der Waals surface area contributed by atoms with Gasteiger partial charge < -0.3 is 10.4 Å². The molecule has 1 aromatic carbocycles. The average molecular weight is 477 g/mol. The van der Waals surface area contributed by atoms with Crippen LogP contribution in [0.3, 0.4) is 0 Å². The lowest BCUT2D eigenvalue weighted by molar-refractivity contribution is 0.171. The van der Waals surface area contributed by atoms with Gasteiger partial charge in [-0.05, 0) is 50.8 Å². The van der Waals surface area contributed by atoms with Gasteiger partial charge in [-0.25, -0.2) is 18.4 Å². The summed E-state index contributed by atoms with van der Waals surface area (Å²) in [6, 6.07) is 5.83. The number of aryl methyl sites for hydroxylation is 1. The van der Waals surface area contributed by atoms with E-state index in [2.05, 4.69) is 10.3 Å². The van der Waals surface area contributed by atoms with Crippen molar-refractivity contribution in [3.63, 3.8) is 0 Å². The molecule has 11 nitrogen and oxygen atoms in total. The fourth-order valence-corrected chi connectivity index (χ4v) is 4.88. The summed E-state index contributed by atoms with van der Waals surface area (Å²) in [6.07, 6.45) is 1.77. The van der Waals surface area contributed by atoms with E-state index in [-0.39, 0.29) is 35.2 Å². The molecule has 1 aliphatic rings. The van der Waals surface area contributed by atoms with Crippen molar-refractivity contribution in [3.8, 4) is 0 Å². The number of nitrogens with two attached hydrogens (primary N) is 1. The van der Waals surface area contributed by atoms with E-state index in [1.807, 2.05) is 6.92 Å². The maximum Gasteiger partial charge on any atom is 0.332 e. The van der Waals surface area contributed by atoms with Crippen molar-refractivity contribution in [3.05, 3.63) is 50.7 Å². The van der Waals surface area contributed by atoms with Crippen LogP contribution in [0.5, 0.6) is 0 Å². The van der Waals surface area contributed by atoms with Crippen molar-refractivity contribution in [2.24, 2.45) is 5.14 Å². The predicted molar refractivity (Wildman–Crippen MR) is 124 cm³/mol. The van der Waals surface area contributed by atoms with Crippen molar-refractivity contribution in [2.75, 3.05) is 5.32 Å². The van der Waals surface area contributed by atoms with Gasteiger partial charge in [0.2, 0.25) is 16.0 Å². The normalized spacial score (nSPS) is 18.8. The fourth-order valence-electron chi connectivity index (χ4n) is 4.36. The van der Waals surface area contributed by atoms with Crippen molar-refractivity contribution >= 4 is 27.1 Å². The Bertz CT molecular complexity index is 1400. The molecule has 1 aliphatic carbocycles. The van der Waals surface area contributed by atoms with Gasteiger partial charge in [-0.2, -0.15) is 4.98 Å². The molecule has 1 fully saturated rings. The zero-order valence-corrected chi connectivity index (χ0v) is 19.4. The number of benzene rings is 1. The van der Waals surface area contributed by atoms with Crippen LogP contribution in [-0.4, -0.2) is 44.4 Å². The number of sulfonamides is 1. The van der Waals surface area contributed by atoms with Crippen molar-refractivity contribution in [1.29, 1.82) is 0 Å². The van der Waals surface area contributed by atoms with E-state index in [0.29, 0.717) is 24.5 Å². The zero-order valence-electron chi connectivity index (χ0n) is 18.6. The van der Waals surface area contributed by atoms with Crippen LogP contribution in [0.2, 0.25) is 0 Å². The van der Waals surface area contributed by atoms with Gasteiger partial charge in [0.25, 0.3) is 5.56 Å². The quantitative estimate of drug-likeness (QED) is 0.446. The number of fused-ring (bicyclic) bond motifs is 1. The standard InChI is InChI=1S/C21H28N6O5S/c1-3-25-18-17(19(29)26(4-2)21(25)30)27(20(24-18)23-15-6-5-7-16(15)28)12-13-8-10-14(11-9-13)33(22,31)32/h8-11,15-16,28H,3-7,12H2,1-2H3,(H,23,24)(H2,22,31,32). The summed E-state index contributed by atoms with van der Waals surface area (Å²) in [5.41, 5.74) is 0.383. The molecule has 0 saturated heterocycles. The van der Waals surface area contributed by atoms with Crippen molar-refractivity contribution in [1.82, 2.24) is 18.7 Å². The molecule has 4 rings (SSSR count). The molecule has 4 N–H and O–H groups in total. The Morgan fingerprint density at radius 2 is 1.76 bits per heavy atom. The highest BCUT2D eigenvalue weighted by Gasteiger charge is 2.28. The number of nitrogens with one attached hydrogen (secondary N) is 1. The fraction of sp³-hybridized carbons (Fsp3) is 0.476. The molecule has 0 spiro atoms. The van der Waals surface area contributed by atoms with Gasteiger partial charge in [0.15, 0.2) is 11.2 Å². The summed E-state index contributed by atoms with van der Waals surface area (Å²) in [5, 5.41) is 18.8. The lowest BCUT2D eigenvalue weighted by Crippen LogP contribution is -2.40. The van der Waals surface area contributed by atoms with Gasteiger partial charge in [-0.1, -0.05) is 12.1 Å². The summed E-state index contributed by atoms with van der Waals surface area (Å²) in [7, 11) is -3.83. The average Bonchev–Trinajstić information content (AvgIpc) is 3.32. The third-order valence-corrected chi connectivity index (χ3v) is 7.06. The number of aliphatic hydroxyl groups is 1. The number of anilines is 1. The minimum atomic E-state index is -3.83. The number of aliphatic hydroxyl groups excluding tert-OH is 1. The van der Waals surface area contributed by atoms with Gasteiger partial charge in [-0.3, -0.25) is 18.5 Å². The Morgan fingerprint density at radius 3 is 2.30 bits per heavy atom. The number of hydrogen-bond acceptors (Lipinski definition) is 7. The highest BCUT2D eigenvalue weighted by atomic mass is 32.2. The molecule has 0 bridgehead atoms. The van der Waals surface area contributed by atoms with Gasteiger partial charge in [0.1, 0.15) is 0 Å². The lowest BCUT2D eigenvalue weighted by atomic mass is 10.2. The summed E-state index contributed by atoms with van der Waals surface area (Å²) in [5.74, 6) is 0.374. The second-order valence-corrected chi connectivity index (χ2v) is 9.77. The van der Waals surface area contributed by atoms with E-state index >= 15 is 0 Å². The first kappa shape index (κ1) is 23.2. The van der Waals surface area contributed by atoms with Gasteiger partial charge in [-0.15, -0.1) is 0 Å². The Kier molecular flexibility index (Phi) is 6.16. The predicted octanol–water partition coefficient (Wildman–Crippen LogP) is 0.421. The van der Waals surface area contributed by atoms with E-state index in [9.17, 15) is 23.1 Å². The van der Waals surface area contributed by atoms with Gasteiger partial charge in [0, 0.05) is 13.1 Å². The highest BCUT2D eigenvalue weighted by molar-refractivity contribution is 7.89. The zero-order chi connectivity index (χ0) is 23.9. The monoisotopic (exact) mass is 476 g/mol.